The van der Waals surface area contributed by atoms with Crippen molar-refractivity contribution in [2.24, 2.45) is 0 Å². The van der Waals surface area contributed by atoms with Gasteiger partial charge in [0.25, 0.3) is 0 Å². The van der Waals surface area contributed by atoms with Crippen LogP contribution in [0.4, 0.5) is 42.9 Å². The zero-order valence-electron chi connectivity index (χ0n) is 70.4. The summed E-state index contributed by atoms with van der Waals surface area (Å²) in [5.41, 5.74) is 7.82. The van der Waals surface area contributed by atoms with Crippen LogP contribution < -0.4 is 30.2 Å². The van der Waals surface area contributed by atoms with Crippen molar-refractivity contribution in [2.75, 3.05) is 76.6 Å². The standard InChI is InChI=1S/C26H36N2O2.C25H33FN2O4.C23H32FN3O.C23H33N3O.CH4/c29-24-15-19-9-6-7-14-25(19)28(26(30)18-24)23-16-21-12-8-13-22(17-23)27(21)20-10-4-2-1-3-5-11-20;1-32-24(31)25(11-5-3-2-4-6-12-25)27-13-9-20(10-14-27)28-22-16-19(26)8-7-18(22)15-21(29)17-23(28)30;1-17-15-23(28)25-21-10-9-18(24)16-22(21)27(17)20-11-13-26(14-12-20)19-7-5-3-2-4-6-8-19;1-18-17-23(27)24-21-11-7-8-12-22(21)26(18)20-13-15-25(16-14-20)19-9-5-3-2-4-6-10-19;/h6-7,9,14,20-23H,1-5,8,10-13,15-18H2;7-8,16,20H,2-6,9-15,17H2,1H3;9-10,16,19-20H,1-8,11-15H2,(H,25,28);7-8,11-12,19-20H,1-6,9-10,13-17H2,(H,24,27);1H4/t21-,22+,23?;;;;. The van der Waals surface area contributed by atoms with E-state index in [1.165, 1.54) is 205 Å². The van der Waals surface area contributed by atoms with Crippen LogP contribution in [0, 0.1) is 11.6 Å². The zero-order valence-corrected chi connectivity index (χ0v) is 70.4. The van der Waals surface area contributed by atoms with Gasteiger partial charge in [0.2, 0.25) is 23.6 Å². The molecule has 5 saturated heterocycles. The lowest BCUT2D eigenvalue weighted by Crippen LogP contribution is -2.61. The molecule has 18 nitrogen and oxygen atoms in total. The Morgan fingerprint density at radius 3 is 1.28 bits per heavy atom. The lowest BCUT2D eigenvalue weighted by Gasteiger charge is -2.54. The number of Topliss-reactive ketones (excluding diaryl/α,β-unsaturated/α-hetero) is 2. The van der Waals surface area contributed by atoms with Crippen LogP contribution in [0.5, 0.6) is 0 Å². The number of hydrogen-bond acceptors (Lipinski definition) is 14. The van der Waals surface area contributed by atoms with Crippen molar-refractivity contribution < 1.29 is 47.1 Å². The molecular formula is C98H138F2N10O8. The molecule has 2 bridgehead atoms. The fourth-order valence-electron chi connectivity index (χ4n) is 23.1. The number of ether oxygens (including phenoxy) is 1. The Labute approximate surface area is 703 Å². The number of benzene rings is 4. The number of nitrogens with zero attached hydrogens (tertiary/aromatic N) is 8. The minimum Gasteiger partial charge on any atom is -0.468 e. The maximum atomic E-state index is 14.1. The Kier molecular flexibility index (Phi) is 31.5. The average Bonchev–Trinajstić information content (AvgIpc) is 1.16. The Bertz CT molecular complexity index is 4060. The highest BCUT2D eigenvalue weighted by atomic mass is 19.1. The molecule has 0 spiro atoms. The Balaban J connectivity index is 0.000000136. The smallest absolute Gasteiger partial charge is 0.326 e. The van der Waals surface area contributed by atoms with E-state index < -0.39 is 11.4 Å². The third-order valence-corrected chi connectivity index (χ3v) is 28.9. The van der Waals surface area contributed by atoms with Gasteiger partial charge < -0.3 is 44.8 Å². The van der Waals surface area contributed by atoms with Crippen LogP contribution in [0.3, 0.4) is 0 Å². The molecule has 9 fully saturated rings. The lowest BCUT2D eigenvalue weighted by molar-refractivity contribution is -0.158. The van der Waals surface area contributed by atoms with Gasteiger partial charge in [-0.1, -0.05) is 192 Å². The molecule has 0 radical (unpaired) electrons. The summed E-state index contributed by atoms with van der Waals surface area (Å²) in [5, 5.41) is 5.95. The van der Waals surface area contributed by atoms with Gasteiger partial charge in [0.05, 0.1) is 61.2 Å². The number of methoxy groups -OCH3 is 1. The number of ketones is 2. The van der Waals surface area contributed by atoms with Crippen LogP contribution in [-0.2, 0) is 51.1 Å². The van der Waals surface area contributed by atoms with Crippen molar-refractivity contribution >= 4 is 75.3 Å². The van der Waals surface area contributed by atoms with Gasteiger partial charge in [0, 0.05) is 124 Å². The quantitative estimate of drug-likeness (QED) is 0.119. The molecule has 13 aliphatic rings. The highest BCUT2D eigenvalue weighted by molar-refractivity contribution is 6.10. The van der Waals surface area contributed by atoms with Crippen LogP contribution in [0.1, 0.15) is 295 Å². The van der Waals surface area contributed by atoms with Crippen molar-refractivity contribution in [3.8, 4) is 0 Å². The number of rotatable bonds is 9. The van der Waals surface area contributed by atoms with Gasteiger partial charge in [-0.15, -0.1) is 0 Å². The second-order valence-electron chi connectivity index (χ2n) is 36.6. The minimum absolute atomic E-state index is 0. The Morgan fingerprint density at radius 2 is 0.771 bits per heavy atom. The summed E-state index contributed by atoms with van der Waals surface area (Å²) in [4.78, 5) is 107. The number of nitrogens with one attached hydrogen (secondary N) is 2. The van der Waals surface area contributed by atoms with E-state index in [9.17, 15) is 42.3 Å². The first kappa shape index (κ1) is 88.1. The van der Waals surface area contributed by atoms with E-state index in [1.807, 2.05) is 35.2 Å². The predicted molar refractivity (Wildman–Crippen MR) is 469 cm³/mol. The molecule has 4 aromatic rings. The second kappa shape index (κ2) is 42.2. The first-order chi connectivity index (χ1) is 57.0. The second-order valence-corrected chi connectivity index (χ2v) is 36.6. The van der Waals surface area contributed by atoms with E-state index >= 15 is 0 Å². The molecule has 4 aromatic carbocycles. The number of anilines is 6. The molecular weight excluding hydrogens is 1480 g/mol. The van der Waals surface area contributed by atoms with E-state index in [-0.39, 0.29) is 98.2 Å². The molecule has 1 unspecified atom stereocenters. The average molecular weight is 1620 g/mol. The molecule has 3 atom stereocenters. The van der Waals surface area contributed by atoms with Gasteiger partial charge in [-0.2, -0.15) is 0 Å². The van der Waals surface area contributed by atoms with Crippen molar-refractivity contribution in [3.63, 3.8) is 0 Å². The van der Waals surface area contributed by atoms with Crippen molar-refractivity contribution in [1.29, 1.82) is 0 Å². The van der Waals surface area contributed by atoms with E-state index in [4.69, 9.17) is 4.74 Å². The fourth-order valence-corrected chi connectivity index (χ4v) is 23.1. The highest BCUT2D eigenvalue weighted by Gasteiger charge is 2.49. The largest absolute Gasteiger partial charge is 0.468 e. The number of para-hydroxylation sites is 3. The third-order valence-electron chi connectivity index (χ3n) is 28.9. The van der Waals surface area contributed by atoms with Gasteiger partial charge in [-0.25, -0.2) is 8.78 Å². The molecule has 9 aliphatic heterocycles. The molecule has 4 saturated carbocycles. The summed E-state index contributed by atoms with van der Waals surface area (Å²) in [7, 11) is 1.47. The maximum absolute atomic E-state index is 14.1. The summed E-state index contributed by atoms with van der Waals surface area (Å²) in [6, 6.07) is 29.5. The van der Waals surface area contributed by atoms with Crippen LogP contribution in [0.25, 0.3) is 0 Å². The molecule has 118 heavy (non-hydrogen) atoms. The third kappa shape index (κ3) is 21.6. The maximum Gasteiger partial charge on any atom is 0.326 e. The summed E-state index contributed by atoms with van der Waals surface area (Å²) in [6.07, 6.45) is 48.9. The van der Waals surface area contributed by atoms with Gasteiger partial charge in [0.1, 0.15) is 28.7 Å². The van der Waals surface area contributed by atoms with Crippen LogP contribution in [0.15, 0.2) is 109 Å². The summed E-state index contributed by atoms with van der Waals surface area (Å²) in [6.45, 7) is 14.3. The number of hydrogen-bond donors (Lipinski definition) is 2. The molecule has 4 amide bonds. The number of halogens is 2. The molecule has 20 heteroatoms. The molecule has 4 aliphatic carbocycles. The van der Waals surface area contributed by atoms with Gasteiger partial charge in [-0.3, -0.25) is 43.4 Å². The number of piperidine rings is 5. The number of likely N-dealkylation sites (tertiary alicyclic amines) is 3. The molecule has 2 N–H and O–H groups in total. The number of carbonyl (C=O) groups excluding carboxylic acids is 7. The molecule has 17 rings (SSSR count). The lowest BCUT2D eigenvalue weighted by atomic mass is 9.78. The van der Waals surface area contributed by atoms with Crippen LogP contribution in [0.2, 0.25) is 0 Å². The van der Waals surface area contributed by atoms with E-state index in [0.717, 1.165) is 148 Å². The first-order valence-electron chi connectivity index (χ1n) is 46.0. The molecule has 642 valence electrons. The topological polar surface area (TPSA) is 179 Å². The predicted octanol–water partition coefficient (Wildman–Crippen LogP) is 19.5. The Hall–Kier alpha value is -7.65. The van der Waals surface area contributed by atoms with Gasteiger partial charge in [-0.05, 0) is 175 Å². The number of carbonyl (C=O) groups is 7. The highest BCUT2D eigenvalue weighted by Crippen LogP contribution is 2.46. The summed E-state index contributed by atoms with van der Waals surface area (Å²) >= 11 is 0. The fraction of sp³-hybridized carbons (Fsp3) is 0.643. The van der Waals surface area contributed by atoms with Crippen molar-refractivity contribution in [1.82, 2.24) is 19.6 Å². The van der Waals surface area contributed by atoms with Crippen LogP contribution in [-0.4, -0.2) is 167 Å². The normalized spacial score (nSPS) is 25.4. The Morgan fingerprint density at radius 1 is 0.381 bits per heavy atom. The number of esters is 1. The van der Waals surface area contributed by atoms with E-state index in [2.05, 4.69) is 71.4 Å². The van der Waals surface area contributed by atoms with E-state index in [1.54, 1.807) is 17.0 Å². The van der Waals surface area contributed by atoms with Crippen LogP contribution >= 0.6 is 0 Å². The monoisotopic (exact) mass is 1620 g/mol. The number of amides is 4. The van der Waals surface area contributed by atoms with Gasteiger partial charge in [0.15, 0.2) is 0 Å². The van der Waals surface area contributed by atoms with Crippen molar-refractivity contribution in [2.45, 2.75) is 356 Å². The van der Waals surface area contributed by atoms with Gasteiger partial charge >= 0.3 is 5.97 Å². The first-order valence-corrected chi connectivity index (χ1v) is 46.0. The summed E-state index contributed by atoms with van der Waals surface area (Å²) < 4.78 is 33.3. The molecule has 9 heterocycles. The number of fused-ring (bicyclic) bond motifs is 6. The minimum atomic E-state index is -0.594. The molecule has 0 aromatic heterocycles. The van der Waals surface area contributed by atoms with E-state index in [0.29, 0.717) is 73.8 Å². The summed E-state index contributed by atoms with van der Waals surface area (Å²) in [5.74, 6) is -1.19. The zero-order chi connectivity index (χ0) is 81.4. The van der Waals surface area contributed by atoms with Crippen molar-refractivity contribution in [3.05, 3.63) is 132 Å². The SMILES string of the molecule is C.C=C1CC(=O)Nc2ccc(F)cc2N1C1CCN(C2CCCCCCC2)CC1.C=C1CC(=O)Nc2ccccc2N1C1CCN(C2CCCCCCC2)CC1.COC(=O)C1(N2CCC(N3C(=O)CC(=O)Cc4ccc(F)cc43)CC2)CCCCCCC1.O=C1CC(=O)N(C2C[C@H]3CCC[C@@H](C2)N3C2CCCCCCC2)c2ccccc2C1.